The van der Waals surface area contributed by atoms with Crippen molar-refractivity contribution in [1.29, 1.82) is 0 Å². The van der Waals surface area contributed by atoms with Crippen molar-refractivity contribution in [2.24, 2.45) is 0 Å². The highest BCUT2D eigenvalue weighted by atomic mass is 32.2. The van der Waals surface area contributed by atoms with Gasteiger partial charge in [0.2, 0.25) is 5.91 Å². The fourth-order valence-electron chi connectivity index (χ4n) is 1.74. The third-order valence-corrected chi connectivity index (χ3v) is 3.73. The van der Waals surface area contributed by atoms with Crippen molar-refractivity contribution in [2.45, 2.75) is 24.8 Å². The first-order valence-corrected chi connectivity index (χ1v) is 6.89. The summed E-state index contributed by atoms with van der Waals surface area (Å²) in [6.07, 6.45) is 0.553. The molecule has 0 unspecified atom stereocenters. The summed E-state index contributed by atoms with van der Waals surface area (Å²) in [6.45, 7) is 2.99. The topological polar surface area (TPSA) is 58.2 Å². The van der Waals surface area contributed by atoms with Crippen LogP contribution >= 0.6 is 11.8 Å². The number of amides is 1. The molecule has 0 spiro atoms. The molecular weight excluding hydrogens is 248 g/mol. The van der Waals surface area contributed by atoms with Crippen LogP contribution in [-0.4, -0.2) is 24.0 Å². The van der Waals surface area contributed by atoms with Gasteiger partial charge in [-0.3, -0.25) is 9.59 Å². The number of hydrogen-bond acceptors (Lipinski definition) is 4. The SMILES string of the molecule is CC(=O)CCNCc1ccc2c(c1)NC(=O)CS2. The van der Waals surface area contributed by atoms with Crippen LogP contribution in [0, 0.1) is 0 Å². The van der Waals surface area contributed by atoms with Gasteiger partial charge < -0.3 is 10.6 Å². The average molecular weight is 264 g/mol. The highest BCUT2D eigenvalue weighted by Gasteiger charge is 2.15. The number of fused-ring (bicyclic) bond motifs is 1. The molecular formula is C13H16N2O2S. The summed E-state index contributed by atoms with van der Waals surface area (Å²) in [6, 6.07) is 6.06. The minimum Gasteiger partial charge on any atom is -0.324 e. The van der Waals surface area contributed by atoms with E-state index in [0.29, 0.717) is 25.3 Å². The van der Waals surface area contributed by atoms with Crippen LogP contribution in [0.3, 0.4) is 0 Å². The maximum atomic E-state index is 11.3. The smallest absolute Gasteiger partial charge is 0.234 e. The van der Waals surface area contributed by atoms with Crippen LogP contribution in [0.15, 0.2) is 23.1 Å². The molecule has 2 N–H and O–H groups in total. The highest BCUT2D eigenvalue weighted by molar-refractivity contribution is 8.00. The van der Waals surface area contributed by atoms with Gasteiger partial charge >= 0.3 is 0 Å². The standard InChI is InChI=1S/C13H16N2O2S/c1-9(16)4-5-14-7-10-2-3-12-11(6-10)15-13(17)8-18-12/h2-3,6,14H,4-5,7-8H2,1H3,(H,15,17). The molecule has 2 rings (SSSR count). The van der Waals surface area contributed by atoms with Gasteiger partial charge in [-0.05, 0) is 24.6 Å². The number of anilines is 1. The third kappa shape index (κ3) is 3.58. The molecule has 4 nitrogen and oxygen atoms in total. The number of benzene rings is 1. The lowest BCUT2D eigenvalue weighted by Gasteiger charge is -2.17. The number of nitrogens with one attached hydrogen (secondary N) is 2. The molecule has 1 aliphatic heterocycles. The quantitative estimate of drug-likeness (QED) is 0.796. The molecule has 18 heavy (non-hydrogen) atoms. The molecule has 1 amide bonds. The predicted molar refractivity (Wildman–Crippen MR) is 72.8 cm³/mol. The lowest BCUT2D eigenvalue weighted by molar-refractivity contribution is -0.117. The van der Waals surface area contributed by atoms with Crippen LogP contribution in [0.5, 0.6) is 0 Å². The van der Waals surface area contributed by atoms with Crippen molar-refractivity contribution in [2.75, 3.05) is 17.6 Å². The van der Waals surface area contributed by atoms with E-state index in [2.05, 4.69) is 10.6 Å². The Morgan fingerprint density at radius 2 is 2.33 bits per heavy atom. The maximum absolute atomic E-state index is 11.3. The van der Waals surface area contributed by atoms with Gasteiger partial charge in [-0.2, -0.15) is 0 Å². The van der Waals surface area contributed by atoms with Crippen molar-refractivity contribution in [1.82, 2.24) is 5.32 Å². The van der Waals surface area contributed by atoms with Gasteiger partial charge in [0.05, 0.1) is 11.4 Å². The summed E-state index contributed by atoms with van der Waals surface area (Å²) in [5.74, 6) is 0.731. The molecule has 0 bridgehead atoms. The highest BCUT2D eigenvalue weighted by Crippen LogP contribution is 2.31. The van der Waals surface area contributed by atoms with E-state index in [1.807, 2.05) is 18.2 Å². The Hall–Kier alpha value is -1.33. The zero-order chi connectivity index (χ0) is 13.0. The third-order valence-electron chi connectivity index (χ3n) is 2.66. The average Bonchev–Trinajstić information content (AvgIpc) is 2.34. The number of carbonyl (C=O) groups is 2. The van der Waals surface area contributed by atoms with Crippen LogP contribution < -0.4 is 10.6 Å². The number of ketones is 1. The molecule has 1 aliphatic rings. The summed E-state index contributed by atoms with van der Waals surface area (Å²) in [5.41, 5.74) is 2.00. The summed E-state index contributed by atoms with van der Waals surface area (Å²) in [5, 5.41) is 6.08. The van der Waals surface area contributed by atoms with Gasteiger partial charge in [0.15, 0.2) is 0 Å². The second-order valence-electron chi connectivity index (χ2n) is 4.30. The first-order chi connectivity index (χ1) is 8.65. The number of thioether (sulfide) groups is 1. The molecule has 1 aromatic rings. The van der Waals surface area contributed by atoms with Crippen molar-refractivity contribution < 1.29 is 9.59 Å². The van der Waals surface area contributed by atoms with Gasteiger partial charge in [-0.1, -0.05) is 6.07 Å². The van der Waals surface area contributed by atoms with Crippen LogP contribution in [0.25, 0.3) is 0 Å². The van der Waals surface area contributed by atoms with E-state index < -0.39 is 0 Å². The van der Waals surface area contributed by atoms with Crippen molar-refractivity contribution in [3.05, 3.63) is 23.8 Å². The molecule has 1 heterocycles. The fourth-order valence-corrected chi connectivity index (χ4v) is 2.53. The number of rotatable bonds is 5. The molecule has 0 radical (unpaired) electrons. The Balaban J connectivity index is 1.92. The van der Waals surface area contributed by atoms with Crippen LogP contribution in [-0.2, 0) is 16.1 Å². The summed E-state index contributed by atoms with van der Waals surface area (Å²) in [7, 11) is 0. The maximum Gasteiger partial charge on any atom is 0.234 e. The Kier molecular flexibility index (Phi) is 4.38. The van der Waals surface area contributed by atoms with Gasteiger partial charge in [0.1, 0.15) is 5.78 Å². The van der Waals surface area contributed by atoms with Crippen molar-refractivity contribution in [3.63, 3.8) is 0 Å². The first kappa shape index (κ1) is 13.1. The van der Waals surface area contributed by atoms with E-state index in [4.69, 9.17) is 0 Å². The van der Waals surface area contributed by atoms with Gasteiger partial charge in [0.25, 0.3) is 0 Å². The van der Waals surface area contributed by atoms with Crippen molar-refractivity contribution in [3.8, 4) is 0 Å². The Morgan fingerprint density at radius 3 is 3.11 bits per heavy atom. The number of Topliss-reactive ketones (excluding diaryl/α,β-unsaturated/α-hetero) is 1. The zero-order valence-corrected chi connectivity index (χ0v) is 11.1. The molecule has 0 aromatic heterocycles. The molecule has 0 saturated heterocycles. The number of hydrogen-bond donors (Lipinski definition) is 2. The molecule has 1 aromatic carbocycles. The summed E-state index contributed by atoms with van der Waals surface area (Å²) < 4.78 is 0. The molecule has 0 aliphatic carbocycles. The minimum absolute atomic E-state index is 0.0502. The normalized spacial score (nSPS) is 13.9. The minimum atomic E-state index is 0.0502. The lowest BCUT2D eigenvalue weighted by Crippen LogP contribution is -2.20. The van der Waals surface area contributed by atoms with Crippen molar-refractivity contribution >= 4 is 29.1 Å². The molecule has 5 heteroatoms. The molecule has 0 fully saturated rings. The van der Waals surface area contributed by atoms with E-state index in [-0.39, 0.29) is 11.7 Å². The van der Waals surface area contributed by atoms with E-state index in [1.165, 1.54) is 0 Å². The second-order valence-corrected chi connectivity index (χ2v) is 5.31. The van der Waals surface area contributed by atoms with Crippen LogP contribution in [0.2, 0.25) is 0 Å². The molecule has 96 valence electrons. The van der Waals surface area contributed by atoms with Gasteiger partial charge in [-0.15, -0.1) is 11.8 Å². The second kappa shape index (κ2) is 6.02. The van der Waals surface area contributed by atoms with E-state index in [0.717, 1.165) is 16.1 Å². The Labute approximate surface area is 111 Å². The summed E-state index contributed by atoms with van der Waals surface area (Å²) in [4.78, 5) is 23.2. The molecule has 0 saturated carbocycles. The predicted octanol–water partition coefficient (Wildman–Crippen LogP) is 1.80. The van der Waals surface area contributed by atoms with Crippen LogP contribution in [0.1, 0.15) is 18.9 Å². The zero-order valence-electron chi connectivity index (χ0n) is 10.3. The van der Waals surface area contributed by atoms with Gasteiger partial charge in [0, 0.05) is 24.4 Å². The first-order valence-electron chi connectivity index (χ1n) is 5.91. The Bertz CT molecular complexity index is 474. The number of carbonyl (C=O) groups excluding carboxylic acids is 2. The molecule has 0 atom stereocenters. The monoisotopic (exact) mass is 264 g/mol. The summed E-state index contributed by atoms with van der Waals surface area (Å²) >= 11 is 1.56. The lowest BCUT2D eigenvalue weighted by atomic mass is 10.2. The van der Waals surface area contributed by atoms with E-state index in [1.54, 1.807) is 18.7 Å². The Morgan fingerprint density at radius 1 is 1.50 bits per heavy atom. The van der Waals surface area contributed by atoms with Gasteiger partial charge in [-0.25, -0.2) is 0 Å². The largest absolute Gasteiger partial charge is 0.324 e. The van der Waals surface area contributed by atoms with E-state index >= 15 is 0 Å². The van der Waals surface area contributed by atoms with E-state index in [9.17, 15) is 9.59 Å². The van der Waals surface area contributed by atoms with Crippen LogP contribution in [0.4, 0.5) is 5.69 Å². The fraction of sp³-hybridized carbons (Fsp3) is 0.385.